The van der Waals surface area contributed by atoms with Crippen LogP contribution in [-0.4, -0.2) is 60.3 Å². The van der Waals surface area contributed by atoms with Gasteiger partial charge in [0.15, 0.2) is 17.4 Å². The Morgan fingerprint density at radius 2 is 1.83 bits per heavy atom. The number of rotatable bonds is 5. The summed E-state index contributed by atoms with van der Waals surface area (Å²) in [6, 6.07) is 7.22. The van der Waals surface area contributed by atoms with Crippen molar-refractivity contribution in [2.75, 3.05) is 49.1 Å². The number of halogens is 2. The molecule has 0 amide bonds. The van der Waals surface area contributed by atoms with E-state index in [1.807, 2.05) is 26.8 Å². The molecule has 184 valence electrons. The van der Waals surface area contributed by atoms with Gasteiger partial charge in [0, 0.05) is 43.5 Å². The summed E-state index contributed by atoms with van der Waals surface area (Å²) in [5, 5.41) is 3.36. The number of nitrogens with one attached hydrogen (secondary N) is 1. The zero-order chi connectivity index (χ0) is 24.5. The number of fused-ring (bicyclic) bond motifs is 1. The average Bonchev–Trinajstić information content (AvgIpc) is 2.85. The van der Waals surface area contributed by atoms with Gasteiger partial charge < -0.3 is 19.9 Å². The highest BCUT2D eigenvalue weighted by molar-refractivity contribution is 5.72. The van der Waals surface area contributed by atoms with Crippen LogP contribution in [0.5, 0.6) is 5.75 Å². The highest BCUT2D eigenvalue weighted by atomic mass is 19.1. The molecule has 0 bridgehead atoms. The SMILES string of the molecule is Cc1nc(Cc2ncc(F)c(-c3cc(F)c4c(c3)N(C(C)C)CCO4)n2)ccc1N1CCNCC1. The van der Waals surface area contributed by atoms with Crippen LogP contribution in [0.2, 0.25) is 0 Å². The molecule has 0 unspecified atom stereocenters. The number of piperazine rings is 1. The van der Waals surface area contributed by atoms with E-state index < -0.39 is 11.6 Å². The van der Waals surface area contributed by atoms with E-state index in [4.69, 9.17) is 9.72 Å². The van der Waals surface area contributed by atoms with E-state index in [-0.39, 0.29) is 17.5 Å². The Morgan fingerprint density at radius 1 is 1.03 bits per heavy atom. The first-order chi connectivity index (χ1) is 16.9. The molecule has 7 nitrogen and oxygen atoms in total. The molecule has 3 aromatic rings. The molecule has 0 spiro atoms. The second kappa shape index (κ2) is 9.73. The fourth-order valence-corrected chi connectivity index (χ4v) is 4.77. The van der Waals surface area contributed by atoms with Crippen LogP contribution in [0.15, 0.2) is 30.5 Å². The molecule has 0 saturated carbocycles. The lowest BCUT2D eigenvalue weighted by Crippen LogP contribution is -2.43. The van der Waals surface area contributed by atoms with Crippen LogP contribution >= 0.6 is 0 Å². The number of aromatic nitrogens is 3. The summed E-state index contributed by atoms with van der Waals surface area (Å²) >= 11 is 0. The van der Waals surface area contributed by atoms with Crippen molar-refractivity contribution in [1.82, 2.24) is 20.3 Å². The Balaban J connectivity index is 1.43. The lowest BCUT2D eigenvalue weighted by Gasteiger charge is -2.34. The fraction of sp³-hybridized carbons (Fsp3) is 0.423. The first kappa shape index (κ1) is 23.4. The van der Waals surface area contributed by atoms with Gasteiger partial charge in [0.05, 0.1) is 36.2 Å². The predicted octanol–water partition coefficient (Wildman–Crippen LogP) is 3.73. The number of ether oxygens (including phenoxy) is 1. The van der Waals surface area contributed by atoms with Crippen molar-refractivity contribution in [3.05, 3.63) is 59.3 Å². The van der Waals surface area contributed by atoms with Gasteiger partial charge in [-0.3, -0.25) is 4.98 Å². The maximum absolute atomic E-state index is 14.9. The van der Waals surface area contributed by atoms with Crippen molar-refractivity contribution in [1.29, 1.82) is 0 Å². The molecule has 2 aliphatic rings. The summed E-state index contributed by atoms with van der Waals surface area (Å²) in [5.41, 5.74) is 3.91. The second-order valence-electron chi connectivity index (χ2n) is 9.25. The molecule has 4 heterocycles. The van der Waals surface area contributed by atoms with Crippen molar-refractivity contribution in [2.45, 2.75) is 33.2 Å². The van der Waals surface area contributed by atoms with Gasteiger partial charge in [-0.25, -0.2) is 18.7 Å². The topological polar surface area (TPSA) is 66.4 Å². The van der Waals surface area contributed by atoms with Crippen LogP contribution in [0, 0.1) is 18.6 Å². The molecule has 35 heavy (non-hydrogen) atoms. The third-order valence-electron chi connectivity index (χ3n) is 6.52. The molecule has 0 aliphatic carbocycles. The molecular weight excluding hydrogens is 450 g/mol. The lowest BCUT2D eigenvalue weighted by molar-refractivity contribution is 0.287. The fourth-order valence-electron chi connectivity index (χ4n) is 4.77. The molecule has 1 fully saturated rings. The first-order valence-electron chi connectivity index (χ1n) is 12.1. The van der Waals surface area contributed by atoms with Gasteiger partial charge in [-0.2, -0.15) is 0 Å². The van der Waals surface area contributed by atoms with E-state index in [0.717, 1.165) is 49.5 Å². The Hall–Kier alpha value is -3.33. The van der Waals surface area contributed by atoms with Crippen LogP contribution in [-0.2, 0) is 6.42 Å². The molecule has 2 aromatic heterocycles. The zero-order valence-electron chi connectivity index (χ0n) is 20.3. The van der Waals surface area contributed by atoms with Crippen LogP contribution in [0.25, 0.3) is 11.3 Å². The number of hydrogen-bond donors (Lipinski definition) is 1. The molecule has 0 radical (unpaired) electrons. The van der Waals surface area contributed by atoms with Gasteiger partial charge in [0.25, 0.3) is 0 Å². The third-order valence-corrected chi connectivity index (χ3v) is 6.52. The minimum Gasteiger partial charge on any atom is -0.486 e. The molecule has 5 rings (SSSR count). The Bertz CT molecular complexity index is 1230. The normalized spacial score (nSPS) is 15.8. The summed E-state index contributed by atoms with van der Waals surface area (Å²) in [5.74, 6) is -0.492. The Morgan fingerprint density at radius 3 is 2.57 bits per heavy atom. The lowest BCUT2D eigenvalue weighted by atomic mass is 10.1. The van der Waals surface area contributed by atoms with Crippen LogP contribution in [0.4, 0.5) is 20.2 Å². The van der Waals surface area contributed by atoms with Crippen LogP contribution in [0.1, 0.15) is 31.1 Å². The highest BCUT2D eigenvalue weighted by Crippen LogP contribution is 2.39. The predicted molar refractivity (Wildman–Crippen MR) is 132 cm³/mol. The van der Waals surface area contributed by atoms with Crippen LogP contribution < -0.4 is 19.9 Å². The summed E-state index contributed by atoms with van der Waals surface area (Å²) in [6.07, 6.45) is 1.50. The summed E-state index contributed by atoms with van der Waals surface area (Å²) < 4.78 is 35.3. The van der Waals surface area contributed by atoms with E-state index in [9.17, 15) is 8.78 Å². The molecule has 1 aromatic carbocycles. The van der Waals surface area contributed by atoms with E-state index in [1.165, 1.54) is 6.07 Å². The molecule has 9 heteroatoms. The number of benzene rings is 1. The minimum absolute atomic E-state index is 0.0696. The van der Waals surface area contributed by atoms with Gasteiger partial charge in [-0.1, -0.05) is 0 Å². The molecule has 1 N–H and O–H groups in total. The van der Waals surface area contributed by atoms with Gasteiger partial charge in [0.2, 0.25) is 0 Å². The van der Waals surface area contributed by atoms with E-state index in [2.05, 4.69) is 31.2 Å². The number of aryl methyl sites for hydroxylation is 1. The maximum Gasteiger partial charge on any atom is 0.178 e. The summed E-state index contributed by atoms with van der Waals surface area (Å²) in [7, 11) is 0. The van der Waals surface area contributed by atoms with Gasteiger partial charge in [0.1, 0.15) is 18.1 Å². The minimum atomic E-state index is -0.598. The molecule has 0 atom stereocenters. The molecule has 1 saturated heterocycles. The quantitative estimate of drug-likeness (QED) is 0.597. The highest BCUT2D eigenvalue weighted by Gasteiger charge is 2.26. The molecular formula is C26H30F2N6O. The summed E-state index contributed by atoms with van der Waals surface area (Å²) in [6.45, 7) is 10.9. The van der Waals surface area contributed by atoms with E-state index in [0.29, 0.717) is 36.6 Å². The second-order valence-corrected chi connectivity index (χ2v) is 9.25. The van der Waals surface area contributed by atoms with Crippen molar-refractivity contribution in [3.8, 4) is 17.0 Å². The standard InChI is InChI=1S/C26H30F2N6O/c1-16(2)34-10-11-35-26-20(27)12-18(13-23(26)34)25-21(28)15-30-24(32-25)14-19-4-5-22(17(3)31-19)33-8-6-29-7-9-33/h4-5,12-13,15-16,29H,6-11,14H2,1-3H3. The van der Waals surface area contributed by atoms with Crippen LogP contribution in [0.3, 0.4) is 0 Å². The van der Waals surface area contributed by atoms with Crippen molar-refractivity contribution in [3.63, 3.8) is 0 Å². The number of pyridine rings is 1. The van der Waals surface area contributed by atoms with E-state index >= 15 is 0 Å². The van der Waals surface area contributed by atoms with E-state index in [1.54, 1.807) is 6.07 Å². The number of anilines is 2. The van der Waals surface area contributed by atoms with Crippen molar-refractivity contribution >= 4 is 11.4 Å². The third kappa shape index (κ3) is 4.77. The Kier molecular flexibility index (Phi) is 6.51. The zero-order valence-corrected chi connectivity index (χ0v) is 20.3. The maximum atomic E-state index is 14.9. The smallest absolute Gasteiger partial charge is 0.178 e. The van der Waals surface area contributed by atoms with Gasteiger partial charge in [-0.15, -0.1) is 0 Å². The largest absolute Gasteiger partial charge is 0.486 e. The molecule has 2 aliphatic heterocycles. The summed E-state index contributed by atoms with van der Waals surface area (Å²) in [4.78, 5) is 17.8. The number of nitrogens with zero attached hydrogens (tertiary/aromatic N) is 5. The Labute approximate surface area is 204 Å². The monoisotopic (exact) mass is 480 g/mol. The number of hydrogen-bond acceptors (Lipinski definition) is 7. The first-order valence-corrected chi connectivity index (χ1v) is 12.1. The van der Waals surface area contributed by atoms with Gasteiger partial charge >= 0.3 is 0 Å². The van der Waals surface area contributed by atoms with Crippen molar-refractivity contribution < 1.29 is 13.5 Å². The average molecular weight is 481 g/mol. The van der Waals surface area contributed by atoms with Crippen molar-refractivity contribution in [2.24, 2.45) is 0 Å². The van der Waals surface area contributed by atoms with Gasteiger partial charge in [-0.05, 0) is 45.0 Å².